The predicted octanol–water partition coefficient (Wildman–Crippen LogP) is 0.410. The molecule has 0 fully saturated rings. The molecule has 2 heteroatoms. The Morgan fingerprint density at radius 3 is 3.20 bits per heavy atom. The van der Waals surface area contributed by atoms with Gasteiger partial charge in [0.05, 0.1) is 2.74 Å². The maximum Gasteiger partial charge on any atom is 0.0860 e. The average molecular weight is 70.1 g/mol. The topological polar surface area (TPSA) is 28.7 Å². The van der Waals surface area contributed by atoms with Crippen LogP contribution in [0.3, 0.4) is 0 Å². The molecule has 0 aliphatic carbocycles. The second-order valence-corrected chi connectivity index (χ2v) is 0.641. The molecule has 0 aromatic carbocycles. The minimum absolute atomic E-state index is 0.116. The van der Waals surface area contributed by atoms with E-state index >= 15 is 0 Å². The number of aromatic nitrogens is 2. The van der Waals surface area contributed by atoms with Crippen LogP contribution in [0, 0.1) is 0 Å². The first-order valence-corrected chi connectivity index (χ1v) is 1.27. The molecule has 0 saturated heterocycles. The highest BCUT2D eigenvalue weighted by molar-refractivity contribution is 4.72. The van der Waals surface area contributed by atoms with Gasteiger partial charge in [0.15, 0.2) is 0 Å². The van der Waals surface area contributed by atoms with Crippen molar-refractivity contribution in [3.8, 4) is 0 Å². The van der Waals surface area contributed by atoms with E-state index in [2.05, 4.69) is 10.2 Å². The van der Waals surface area contributed by atoms with Gasteiger partial charge in [-0.1, -0.05) is 0 Å². The van der Waals surface area contributed by atoms with E-state index in [-0.39, 0.29) is 12.3 Å². The Bertz CT molecular complexity index is 143. The molecular formula is C3H4N2. The number of nitrogens with zero attached hydrogens (tertiary/aromatic N) is 1. The first kappa shape index (κ1) is 1.12. The highest BCUT2D eigenvalue weighted by Gasteiger charge is 1.56. The SMILES string of the molecule is [2H]c1cc([2H])[nH]n1. The van der Waals surface area contributed by atoms with E-state index < -0.39 is 0 Å². The summed E-state index contributed by atoms with van der Waals surface area (Å²) in [6, 6.07) is 1.33. The van der Waals surface area contributed by atoms with Crippen LogP contribution in [0.25, 0.3) is 0 Å². The van der Waals surface area contributed by atoms with Crippen LogP contribution in [0.4, 0.5) is 0 Å². The highest BCUT2D eigenvalue weighted by Crippen LogP contribution is 1.64. The van der Waals surface area contributed by atoms with Gasteiger partial charge >= 0.3 is 0 Å². The summed E-state index contributed by atoms with van der Waals surface area (Å²) >= 11 is 0. The molecule has 0 radical (unpaired) electrons. The molecular weight excluding hydrogens is 64.0 g/mol. The standard InChI is InChI=1S/C3H4N2/c1-2-4-5-3-1/h1-3H,(H,4,5)/i2D,3D. The van der Waals surface area contributed by atoms with Gasteiger partial charge in [-0.25, -0.2) is 0 Å². The zero-order valence-electron chi connectivity index (χ0n) is 4.52. The molecule has 0 amide bonds. The van der Waals surface area contributed by atoms with Crippen LogP contribution >= 0.6 is 0 Å². The highest BCUT2D eigenvalue weighted by atomic mass is 15.1. The van der Waals surface area contributed by atoms with Crippen LogP contribution in [-0.2, 0) is 0 Å². The van der Waals surface area contributed by atoms with Crippen LogP contribution < -0.4 is 0 Å². The van der Waals surface area contributed by atoms with E-state index in [9.17, 15) is 0 Å². The predicted molar refractivity (Wildman–Crippen MR) is 18.6 cm³/mol. The Balaban J connectivity index is 3.04. The van der Waals surface area contributed by atoms with Crippen molar-refractivity contribution in [2.45, 2.75) is 0 Å². The first-order chi connectivity index (χ1) is 3.29. The lowest BCUT2D eigenvalue weighted by molar-refractivity contribution is 1.09. The summed E-state index contributed by atoms with van der Waals surface area (Å²) in [6.07, 6.45) is 0.301. The third-order valence-electron chi connectivity index (χ3n) is 0.322. The van der Waals surface area contributed by atoms with Crippen molar-refractivity contribution in [2.75, 3.05) is 0 Å². The number of hydrogen-bond donors (Lipinski definition) is 1. The molecule has 0 atom stereocenters. The fourth-order valence-electron chi connectivity index (χ4n) is 0.161. The van der Waals surface area contributed by atoms with Gasteiger partial charge in [-0.15, -0.1) is 0 Å². The summed E-state index contributed by atoms with van der Waals surface area (Å²) in [5.74, 6) is 0. The molecule has 0 unspecified atom stereocenters. The number of rotatable bonds is 0. The molecule has 1 rings (SSSR count). The van der Waals surface area contributed by atoms with Crippen LogP contribution in [0.15, 0.2) is 18.4 Å². The molecule has 0 aliphatic heterocycles. The van der Waals surface area contributed by atoms with E-state index in [0.29, 0.717) is 0 Å². The number of nitrogens with one attached hydrogen (secondary N) is 1. The van der Waals surface area contributed by atoms with Crippen LogP contribution in [-0.4, -0.2) is 10.2 Å². The van der Waals surface area contributed by atoms with E-state index in [1.54, 1.807) is 0 Å². The zero-order valence-corrected chi connectivity index (χ0v) is 2.52. The van der Waals surface area contributed by atoms with Crippen molar-refractivity contribution in [2.24, 2.45) is 0 Å². The largest absolute Gasteiger partial charge is 0.286 e. The monoisotopic (exact) mass is 70.1 g/mol. The normalized spacial score (nSPS) is 13.6. The van der Waals surface area contributed by atoms with Crippen molar-refractivity contribution < 1.29 is 2.74 Å². The van der Waals surface area contributed by atoms with Crippen molar-refractivity contribution in [1.29, 1.82) is 0 Å². The lowest BCUT2D eigenvalue weighted by atomic mass is 10.8. The molecule has 1 aromatic rings. The number of H-pyrrole nitrogens is 1. The Morgan fingerprint density at radius 1 is 2.00 bits per heavy atom. The van der Waals surface area contributed by atoms with Gasteiger partial charge in [0.2, 0.25) is 0 Å². The van der Waals surface area contributed by atoms with Gasteiger partial charge in [-0.05, 0) is 6.07 Å². The maximum atomic E-state index is 6.78. The van der Waals surface area contributed by atoms with Gasteiger partial charge in [-0.2, -0.15) is 5.10 Å². The smallest absolute Gasteiger partial charge is 0.0860 e. The maximum absolute atomic E-state index is 6.78. The van der Waals surface area contributed by atoms with Gasteiger partial charge in [0, 0.05) is 12.3 Å². The number of hydrogen-bond acceptors (Lipinski definition) is 1. The van der Waals surface area contributed by atoms with Gasteiger partial charge in [0.25, 0.3) is 0 Å². The van der Waals surface area contributed by atoms with Gasteiger partial charge in [-0.3, -0.25) is 5.10 Å². The van der Waals surface area contributed by atoms with Gasteiger partial charge in [0.1, 0.15) is 0 Å². The van der Waals surface area contributed by atoms with Crippen LogP contribution in [0.2, 0.25) is 0 Å². The Hall–Kier alpha value is -0.790. The zero-order chi connectivity index (χ0) is 5.28. The Labute approximate surface area is 32.6 Å². The Kier molecular flexibility index (Phi) is 0.199. The van der Waals surface area contributed by atoms with Crippen molar-refractivity contribution in [1.82, 2.24) is 10.2 Å². The molecule has 1 heterocycles. The van der Waals surface area contributed by atoms with Crippen molar-refractivity contribution >= 4 is 0 Å². The lowest BCUT2D eigenvalue weighted by Crippen LogP contribution is -1.53. The third-order valence-corrected chi connectivity index (χ3v) is 0.322. The number of aromatic amines is 1. The summed E-state index contributed by atoms with van der Waals surface area (Å²) in [5.41, 5.74) is 0. The minimum atomic E-state index is 0.116. The summed E-state index contributed by atoms with van der Waals surface area (Å²) in [5, 5.41) is 5.67. The molecule has 1 aromatic heterocycles. The van der Waals surface area contributed by atoms with Gasteiger partial charge < -0.3 is 0 Å². The summed E-state index contributed by atoms with van der Waals surface area (Å²) in [7, 11) is 0. The summed E-state index contributed by atoms with van der Waals surface area (Å²) < 4.78 is 13.5. The second-order valence-electron chi connectivity index (χ2n) is 0.641. The fraction of sp³-hybridized carbons (Fsp3) is 0. The lowest BCUT2D eigenvalue weighted by Gasteiger charge is -1.49. The average Bonchev–Trinajstić information content (AvgIpc) is 1.87. The molecule has 2 nitrogen and oxygen atoms in total. The summed E-state index contributed by atoms with van der Waals surface area (Å²) in [6.45, 7) is 0. The van der Waals surface area contributed by atoms with E-state index in [1.807, 2.05) is 0 Å². The second kappa shape index (κ2) is 0.885. The van der Waals surface area contributed by atoms with E-state index in [1.165, 1.54) is 6.07 Å². The fourth-order valence-corrected chi connectivity index (χ4v) is 0.161. The third kappa shape index (κ3) is 0.265. The molecule has 1 N–H and O–H groups in total. The molecule has 26 valence electrons. The van der Waals surface area contributed by atoms with Crippen molar-refractivity contribution in [3.63, 3.8) is 0 Å². The molecule has 5 heavy (non-hydrogen) atoms. The van der Waals surface area contributed by atoms with Crippen LogP contribution in [0.5, 0.6) is 0 Å². The quantitative estimate of drug-likeness (QED) is 0.470. The minimum Gasteiger partial charge on any atom is -0.286 e. The van der Waals surface area contributed by atoms with E-state index in [0.717, 1.165) is 0 Å². The molecule has 0 spiro atoms. The molecule has 0 bridgehead atoms. The summed E-state index contributed by atoms with van der Waals surface area (Å²) in [4.78, 5) is 0. The van der Waals surface area contributed by atoms with Crippen LogP contribution in [0.1, 0.15) is 2.74 Å². The van der Waals surface area contributed by atoms with Crippen molar-refractivity contribution in [3.05, 3.63) is 18.4 Å². The Morgan fingerprint density at radius 2 is 3.00 bits per heavy atom. The first-order valence-electron chi connectivity index (χ1n) is 2.27. The molecule has 0 aliphatic rings. The molecule has 0 saturated carbocycles. The van der Waals surface area contributed by atoms with E-state index in [4.69, 9.17) is 2.74 Å².